The number of aromatic nitrogens is 2. The maximum absolute atomic E-state index is 6.12. The summed E-state index contributed by atoms with van der Waals surface area (Å²) in [6.07, 6.45) is 0.803. The quantitative estimate of drug-likeness (QED) is 0.140. The molecule has 2 aromatic carbocycles. The van der Waals surface area contributed by atoms with E-state index in [1.165, 1.54) is 11.6 Å². The zero-order valence-electron chi connectivity index (χ0n) is 22.9. The van der Waals surface area contributed by atoms with Crippen LogP contribution in [0.1, 0.15) is 5.56 Å². The van der Waals surface area contributed by atoms with Crippen LogP contribution < -0.4 is 0 Å². The second-order valence-electron chi connectivity index (χ2n) is 11.3. The number of fused-ring (bicyclic) bond motifs is 2. The van der Waals surface area contributed by atoms with Gasteiger partial charge in [0, 0.05) is 35.8 Å². The predicted molar refractivity (Wildman–Crippen MR) is 167 cm³/mol. The molecule has 0 unspecified atom stereocenters. The minimum absolute atomic E-state index is 0.338. The topological polar surface area (TPSA) is 48.6 Å². The van der Waals surface area contributed by atoms with E-state index in [2.05, 4.69) is 49.3 Å². The molecule has 1 aliphatic rings. The lowest BCUT2D eigenvalue weighted by molar-refractivity contribution is 0.0900. The summed E-state index contributed by atoms with van der Waals surface area (Å²) >= 11 is 17.2. The van der Waals surface area contributed by atoms with Crippen molar-refractivity contribution in [1.29, 1.82) is 0 Å². The summed E-state index contributed by atoms with van der Waals surface area (Å²) in [6, 6.07) is 18.6. The second-order valence-corrected chi connectivity index (χ2v) is 23.5. The Hall–Kier alpha value is -1.20. The lowest BCUT2D eigenvalue weighted by Crippen LogP contribution is -2.22. The first-order chi connectivity index (χ1) is 17.4. The fourth-order valence-corrected chi connectivity index (χ4v) is 5.32. The number of halogens is 3. The Labute approximate surface area is 239 Å². The van der Waals surface area contributed by atoms with Crippen LogP contribution in [-0.4, -0.2) is 50.1 Å². The number of imidazole rings is 1. The first-order valence-electron chi connectivity index (χ1n) is 12.5. The number of hydrogen-bond acceptors (Lipinski definition) is 4. The molecule has 3 aromatic rings. The molecule has 0 saturated heterocycles. The molecule has 5 nitrogen and oxygen atoms in total. The van der Waals surface area contributed by atoms with Crippen molar-refractivity contribution in [3.05, 3.63) is 59.4 Å². The molecule has 4 rings (SSSR count). The summed E-state index contributed by atoms with van der Waals surface area (Å²) in [5, 5.41) is 1.19. The van der Waals surface area contributed by atoms with Crippen LogP contribution in [-0.2, 0) is 22.6 Å². The minimum atomic E-state index is -1.03. The van der Waals surface area contributed by atoms with Gasteiger partial charge in [0.05, 0.1) is 16.7 Å². The van der Waals surface area contributed by atoms with Crippen LogP contribution >= 0.6 is 34.8 Å². The molecule has 204 valence electrons. The smallest absolute Gasteiger partial charge is 0.205 e. The van der Waals surface area contributed by atoms with Gasteiger partial charge in [0.2, 0.25) is 5.28 Å². The Morgan fingerprint density at radius 2 is 1.43 bits per heavy atom. The number of benzene rings is 2. The predicted octanol–water partition coefficient (Wildman–Crippen LogP) is 9.05. The van der Waals surface area contributed by atoms with Gasteiger partial charge in [-0.25, -0.2) is 9.98 Å². The summed E-state index contributed by atoms with van der Waals surface area (Å²) < 4.78 is 12.6. The van der Waals surface area contributed by atoms with Gasteiger partial charge in [0.15, 0.2) is 0 Å². The van der Waals surface area contributed by atoms with Crippen molar-refractivity contribution in [2.45, 2.75) is 64.5 Å². The number of para-hydroxylation sites is 3. The molecule has 0 spiro atoms. The second kappa shape index (κ2) is 15.4. The van der Waals surface area contributed by atoms with Gasteiger partial charge in [0.1, 0.15) is 18.0 Å². The van der Waals surface area contributed by atoms with Crippen molar-refractivity contribution >= 4 is 72.8 Å². The third-order valence-corrected chi connectivity index (χ3v) is 9.54. The van der Waals surface area contributed by atoms with Crippen LogP contribution in [0, 0.1) is 0 Å². The van der Waals surface area contributed by atoms with E-state index in [9.17, 15) is 0 Å². The molecule has 0 amide bonds. The first-order valence-corrected chi connectivity index (χ1v) is 21.2. The number of ether oxygens (including phenoxy) is 2. The summed E-state index contributed by atoms with van der Waals surface area (Å²) in [7, 11) is -1.91. The van der Waals surface area contributed by atoms with E-state index < -0.39 is 16.1 Å². The van der Waals surface area contributed by atoms with Crippen LogP contribution in [0.25, 0.3) is 11.0 Å². The molecule has 0 N–H and O–H groups in total. The molecule has 10 heteroatoms. The Bertz CT molecular complexity index is 1140. The molecule has 0 radical (unpaired) electrons. The van der Waals surface area contributed by atoms with E-state index in [1.807, 2.05) is 53.1 Å². The normalized spacial score (nSPS) is 12.8. The summed E-state index contributed by atoms with van der Waals surface area (Å²) in [4.78, 5) is 8.43. The molecule has 37 heavy (non-hydrogen) atoms. The van der Waals surface area contributed by atoms with Crippen LogP contribution in [0.3, 0.4) is 0 Å². The van der Waals surface area contributed by atoms with Crippen molar-refractivity contribution in [3.8, 4) is 0 Å². The van der Waals surface area contributed by atoms with Crippen molar-refractivity contribution < 1.29 is 9.47 Å². The van der Waals surface area contributed by atoms with Gasteiger partial charge in [-0.15, -0.1) is 0 Å². The highest BCUT2D eigenvalue weighted by Crippen LogP contribution is 2.26. The van der Waals surface area contributed by atoms with Gasteiger partial charge in [-0.05, 0) is 47.5 Å². The van der Waals surface area contributed by atoms with Gasteiger partial charge in [-0.2, -0.15) is 0 Å². The fourth-order valence-electron chi connectivity index (χ4n) is 3.23. The van der Waals surface area contributed by atoms with Crippen LogP contribution in [0.5, 0.6) is 0 Å². The molecule has 0 bridgehead atoms. The van der Waals surface area contributed by atoms with E-state index in [1.54, 1.807) is 0 Å². The molecular formula is C27H40Cl3N3O2Si2. The molecule has 1 aromatic heterocycles. The fraction of sp³-hybridized carbons (Fsp3) is 0.481. The first kappa shape index (κ1) is 32.0. The molecule has 2 heterocycles. The summed E-state index contributed by atoms with van der Waals surface area (Å²) in [6.45, 7) is 16.1. The number of rotatable bonds is 9. The molecule has 0 saturated carbocycles. The number of aliphatic imine (C=N–C) groups is 1. The maximum atomic E-state index is 6.12. The third-order valence-electron chi connectivity index (χ3n) is 5.47. The van der Waals surface area contributed by atoms with Crippen LogP contribution in [0.15, 0.2) is 53.5 Å². The molecule has 0 atom stereocenters. The monoisotopic (exact) mass is 599 g/mol. The van der Waals surface area contributed by atoms with E-state index in [0.717, 1.165) is 42.4 Å². The molecule has 1 aliphatic heterocycles. The molecule has 0 aliphatic carbocycles. The Kier molecular flexibility index (Phi) is 13.3. The Balaban J connectivity index is 0.000000214. The summed E-state index contributed by atoms with van der Waals surface area (Å²) in [5.74, 6) is 0. The number of nitrogens with zero attached hydrogens (tertiary/aromatic N) is 3. The van der Waals surface area contributed by atoms with Crippen molar-refractivity contribution in [2.24, 2.45) is 4.99 Å². The van der Waals surface area contributed by atoms with Crippen LogP contribution in [0.2, 0.25) is 56.7 Å². The Morgan fingerprint density at radius 3 is 2.05 bits per heavy atom. The average molecular weight is 601 g/mol. The highest BCUT2D eigenvalue weighted by atomic mass is 35.5. The van der Waals surface area contributed by atoms with Gasteiger partial charge in [-0.3, -0.25) is 4.57 Å². The molecule has 0 fully saturated rings. The molecular weight excluding hydrogens is 561 g/mol. The largest absolute Gasteiger partial charge is 0.366 e. The third kappa shape index (κ3) is 12.5. The standard InChI is InChI=1S/C13H19ClN2OSi.C8H6ClN.C6H15ClOSi/c1-18(2,3)9-8-17-10-16-12-7-5-4-6-11(12)15-13(16)14;9-8-5-6-3-1-2-4-7(6)10-8;1-9(2,3)5-4-8-6-7/h4-7H,8-10H2,1-3H3;1-4H,5H2;4-6H2,1-3H3. The lowest BCUT2D eigenvalue weighted by Gasteiger charge is -2.15. The van der Waals surface area contributed by atoms with Crippen molar-refractivity contribution in [2.75, 3.05) is 19.3 Å². The van der Waals surface area contributed by atoms with Crippen molar-refractivity contribution in [3.63, 3.8) is 0 Å². The zero-order chi connectivity index (χ0) is 27.5. The van der Waals surface area contributed by atoms with E-state index in [4.69, 9.17) is 44.3 Å². The van der Waals surface area contributed by atoms with Crippen molar-refractivity contribution in [1.82, 2.24) is 9.55 Å². The number of hydrogen-bond donors (Lipinski definition) is 0. The van der Waals surface area contributed by atoms with E-state index >= 15 is 0 Å². The number of alkyl halides is 1. The van der Waals surface area contributed by atoms with E-state index in [-0.39, 0.29) is 0 Å². The van der Waals surface area contributed by atoms with Crippen LogP contribution in [0.4, 0.5) is 5.69 Å². The van der Waals surface area contributed by atoms with E-state index in [0.29, 0.717) is 23.3 Å². The van der Waals surface area contributed by atoms with Gasteiger partial charge in [-0.1, -0.05) is 92.8 Å². The van der Waals surface area contributed by atoms with Gasteiger partial charge >= 0.3 is 0 Å². The lowest BCUT2D eigenvalue weighted by atomic mass is 10.2. The highest BCUT2D eigenvalue weighted by molar-refractivity contribution is 6.76. The maximum Gasteiger partial charge on any atom is 0.205 e. The Morgan fingerprint density at radius 1 is 0.838 bits per heavy atom. The SMILES string of the molecule is C[Si](C)(C)CCOCCl.C[Si](C)(C)CCOCn1c(Cl)nc2ccccc21.ClC1=Nc2ccccc2C1. The zero-order valence-corrected chi connectivity index (χ0v) is 27.1. The minimum Gasteiger partial charge on any atom is -0.366 e. The summed E-state index contributed by atoms with van der Waals surface area (Å²) in [5.41, 5.74) is 4.19. The van der Waals surface area contributed by atoms with Gasteiger partial charge in [0.25, 0.3) is 0 Å². The van der Waals surface area contributed by atoms with Gasteiger partial charge < -0.3 is 9.47 Å². The average Bonchev–Trinajstić information content (AvgIpc) is 3.34. The highest BCUT2D eigenvalue weighted by Gasteiger charge is 2.13.